The van der Waals surface area contributed by atoms with Crippen LogP contribution in [0.5, 0.6) is 0 Å². The van der Waals surface area contributed by atoms with E-state index in [1.165, 1.54) is 0 Å². The molecule has 2 aromatic rings. The van der Waals surface area contributed by atoms with Gasteiger partial charge in [0.2, 0.25) is 5.91 Å². The second-order valence-corrected chi connectivity index (χ2v) is 5.42. The van der Waals surface area contributed by atoms with Gasteiger partial charge in [-0.2, -0.15) is 0 Å². The molecule has 108 valence electrons. The Morgan fingerprint density at radius 3 is 2.90 bits per heavy atom. The predicted octanol–water partition coefficient (Wildman–Crippen LogP) is 2.41. The van der Waals surface area contributed by atoms with Crippen molar-refractivity contribution in [3.8, 4) is 0 Å². The number of benzene rings is 1. The maximum Gasteiger partial charge on any atom is 0.244 e. The van der Waals surface area contributed by atoms with Crippen LogP contribution in [0.25, 0.3) is 0 Å². The zero-order valence-corrected chi connectivity index (χ0v) is 12.3. The van der Waals surface area contributed by atoms with Gasteiger partial charge in [-0.3, -0.25) is 9.78 Å². The zero-order valence-electron chi connectivity index (χ0n) is 12.3. The van der Waals surface area contributed by atoms with Gasteiger partial charge in [0.25, 0.3) is 0 Å². The number of amides is 1. The van der Waals surface area contributed by atoms with E-state index in [1.54, 1.807) is 6.20 Å². The van der Waals surface area contributed by atoms with Crippen molar-refractivity contribution in [2.75, 3.05) is 4.90 Å². The van der Waals surface area contributed by atoms with Crippen molar-refractivity contribution in [2.24, 2.45) is 0 Å². The van der Waals surface area contributed by atoms with Crippen LogP contribution in [-0.2, 0) is 17.9 Å². The monoisotopic (exact) mass is 281 g/mol. The van der Waals surface area contributed by atoms with Gasteiger partial charge in [0.15, 0.2) is 0 Å². The second kappa shape index (κ2) is 5.66. The third kappa shape index (κ3) is 2.67. The minimum atomic E-state index is -0.193. The fraction of sp³-hybridized carbons (Fsp3) is 0.294. The van der Waals surface area contributed by atoms with Gasteiger partial charge in [-0.05, 0) is 37.1 Å². The van der Waals surface area contributed by atoms with Crippen molar-refractivity contribution in [3.63, 3.8) is 0 Å². The van der Waals surface area contributed by atoms with Crippen molar-refractivity contribution in [2.45, 2.75) is 33.0 Å². The molecule has 0 spiro atoms. The van der Waals surface area contributed by atoms with Gasteiger partial charge in [-0.25, -0.2) is 0 Å². The Morgan fingerprint density at radius 2 is 2.10 bits per heavy atom. The molecule has 4 nitrogen and oxygen atoms in total. The number of anilines is 1. The Bertz CT molecular complexity index is 669. The number of para-hydroxylation sites is 1. The highest BCUT2D eigenvalue weighted by Crippen LogP contribution is 2.26. The van der Waals surface area contributed by atoms with Crippen molar-refractivity contribution < 1.29 is 4.79 Å². The van der Waals surface area contributed by atoms with E-state index in [9.17, 15) is 4.79 Å². The minimum absolute atomic E-state index is 0.0880. The fourth-order valence-electron chi connectivity index (χ4n) is 2.62. The summed E-state index contributed by atoms with van der Waals surface area (Å²) in [4.78, 5) is 18.9. The smallest absolute Gasteiger partial charge is 0.244 e. The van der Waals surface area contributed by atoms with Crippen molar-refractivity contribution in [1.82, 2.24) is 10.3 Å². The van der Waals surface area contributed by atoms with Gasteiger partial charge in [0.1, 0.15) is 0 Å². The molecule has 1 N–H and O–H groups in total. The summed E-state index contributed by atoms with van der Waals surface area (Å²) in [6, 6.07) is 11.8. The van der Waals surface area contributed by atoms with Gasteiger partial charge in [-0.15, -0.1) is 0 Å². The molecule has 21 heavy (non-hydrogen) atoms. The van der Waals surface area contributed by atoms with Crippen LogP contribution in [0.3, 0.4) is 0 Å². The number of nitrogens with zero attached hydrogens (tertiary/aromatic N) is 2. The minimum Gasteiger partial charge on any atom is -0.305 e. The summed E-state index contributed by atoms with van der Waals surface area (Å²) in [6.45, 7) is 5.15. The molecule has 0 bridgehead atoms. The standard InChI is InChI=1S/C17H19N3O/c1-12-6-5-9-18-15(12)11-20-16-8-4-3-7-14(16)10-19-13(2)17(20)21/h3-9,13,19H,10-11H2,1-2H3. The molecule has 0 saturated carbocycles. The molecule has 1 aromatic carbocycles. The zero-order chi connectivity index (χ0) is 14.8. The fourth-order valence-corrected chi connectivity index (χ4v) is 2.62. The van der Waals surface area contributed by atoms with Gasteiger partial charge in [-0.1, -0.05) is 24.3 Å². The lowest BCUT2D eigenvalue weighted by atomic mass is 10.1. The van der Waals surface area contributed by atoms with Crippen LogP contribution in [0.1, 0.15) is 23.7 Å². The van der Waals surface area contributed by atoms with Gasteiger partial charge < -0.3 is 10.2 Å². The average molecular weight is 281 g/mol. The van der Waals surface area contributed by atoms with Gasteiger partial charge in [0, 0.05) is 18.4 Å². The third-order valence-corrected chi connectivity index (χ3v) is 3.94. The molecule has 1 aliphatic rings. The van der Waals surface area contributed by atoms with Crippen LogP contribution in [0, 0.1) is 6.92 Å². The van der Waals surface area contributed by atoms with E-state index in [0.717, 1.165) is 22.5 Å². The first-order valence-corrected chi connectivity index (χ1v) is 7.20. The topological polar surface area (TPSA) is 45.2 Å². The summed E-state index contributed by atoms with van der Waals surface area (Å²) in [6.07, 6.45) is 1.78. The lowest BCUT2D eigenvalue weighted by Crippen LogP contribution is -2.42. The number of nitrogens with one attached hydrogen (secondary N) is 1. The van der Waals surface area contributed by atoms with Gasteiger partial charge >= 0.3 is 0 Å². The number of pyridine rings is 1. The molecule has 1 atom stereocenters. The Morgan fingerprint density at radius 1 is 1.29 bits per heavy atom. The highest BCUT2D eigenvalue weighted by Gasteiger charge is 2.27. The van der Waals surface area contributed by atoms with Gasteiger partial charge in [0.05, 0.1) is 18.3 Å². The molecule has 4 heteroatoms. The number of hydrogen-bond acceptors (Lipinski definition) is 3. The predicted molar refractivity (Wildman–Crippen MR) is 82.9 cm³/mol. The largest absolute Gasteiger partial charge is 0.305 e. The number of carbonyl (C=O) groups excluding carboxylic acids is 1. The molecule has 1 amide bonds. The molecule has 1 aromatic heterocycles. The van der Waals surface area contributed by atoms with Crippen LogP contribution < -0.4 is 10.2 Å². The van der Waals surface area contributed by atoms with Crippen LogP contribution in [-0.4, -0.2) is 16.9 Å². The molecule has 0 saturated heterocycles. The normalized spacial score (nSPS) is 18.3. The van der Waals surface area contributed by atoms with Crippen molar-refractivity contribution in [1.29, 1.82) is 0 Å². The molecule has 0 radical (unpaired) electrons. The van der Waals surface area contributed by atoms with E-state index >= 15 is 0 Å². The van der Waals surface area contributed by atoms with Crippen LogP contribution in [0.2, 0.25) is 0 Å². The van der Waals surface area contributed by atoms with Crippen molar-refractivity contribution >= 4 is 11.6 Å². The summed E-state index contributed by atoms with van der Waals surface area (Å²) in [5.41, 5.74) is 4.16. The first kappa shape index (κ1) is 13.8. The molecular weight excluding hydrogens is 262 g/mol. The van der Waals surface area contributed by atoms with E-state index < -0.39 is 0 Å². The number of rotatable bonds is 2. The van der Waals surface area contributed by atoms with E-state index in [4.69, 9.17) is 0 Å². The number of hydrogen-bond donors (Lipinski definition) is 1. The quantitative estimate of drug-likeness (QED) is 0.919. The lowest BCUT2D eigenvalue weighted by molar-refractivity contribution is -0.120. The molecule has 1 aliphatic heterocycles. The summed E-state index contributed by atoms with van der Waals surface area (Å²) in [7, 11) is 0. The van der Waals surface area contributed by atoms with Crippen molar-refractivity contribution in [3.05, 3.63) is 59.4 Å². The van der Waals surface area contributed by atoms with E-state index in [2.05, 4.69) is 16.4 Å². The summed E-state index contributed by atoms with van der Waals surface area (Å²) >= 11 is 0. The molecule has 0 fully saturated rings. The van der Waals surface area contributed by atoms with E-state index in [1.807, 2.05) is 49.1 Å². The number of carbonyl (C=O) groups is 1. The Labute approximate surface area is 124 Å². The molecule has 1 unspecified atom stereocenters. The summed E-state index contributed by atoms with van der Waals surface area (Å²) < 4.78 is 0. The summed E-state index contributed by atoms with van der Waals surface area (Å²) in [5.74, 6) is 0.0880. The summed E-state index contributed by atoms with van der Waals surface area (Å²) in [5, 5.41) is 3.27. The molecule has 0 aliphatic carbocycles. The maximum absolute atomic E-state index is 12.7. The van der Waals surface area contributed by atoms with Crippen LogP contribution in [0.4, 0.5) is 5.69 Å². The van der Waals surface area contributed by atoms with Crippen LogP contribution in [0.15, 0.2) is 42.6 Å². The number of fused-ring (bicyclic) bond motifs is 1. The highest BCUT2D eigenvalue weighted by molar-refractivity contribution is 5.98. The Hall–Kier alpha value is -2.20. The lowest BCUT2D eigenvalue weighted by Gasteiger charge is -2.24. The SMILES string of the molecule is Cc1cccnc1CN1C(=O)C(C)NCc2ccccc21. The average Bonchev–Trinajstić information content (AvgIpc) is 2.62. The highest BCUT2D eigenvalue weighted by atomic mass is 16.2. The molecule has 3 rings (SSSR count). The Balaban J connectivity index is 2.01. The first-order valence-electron chi connectivity index (χ1n) is 7.20. The molecule has 2 heterocycles. The second-order valence-electron chi connectivity index (χ2n) is 5.42. The van der Waals surface area contributed by atoms with E-state index in [0.29, 0.717) is 13.1 Å². The first-order chi connectivity index (χ1) is 10.2. The third-order valence-electron chi connectivity index (χ3n) is 3.94. The Kier molecular flexibility index (Phi) is 3.71. The van der Waals surface area contributed by atoms with Crippen LogP contribution >= 0.6 is 0 Å². The van der Waals surface area contributed by atoms with E-state index in [-0.39, 0.29) is 11.9 Å². The number of aromatic nitrogens is 1. The molecular formula is C17H19N3O. The maximum atomic E-state index is 12.7. The number of aryl methyl sites for hydroxylation is 1.